The van der Waals surface area contributed by atoms with E-state index in [0.29, 0.717) is 12.4 Å². The van der Waals surface area contributed by atoms with Crippen molar-refractivity contribution in [1.82, 2.24) is 14.9 Å². The Morgan fingerprint density at radius 1 is 1.24 bits per heavy atom. The number of amides is 2. The zero-order valence-corrected chi connectivity index (χ0v) is 12.9. The molecule has 7 nitrogen and oxygen atoms in total. The van der Waals surface area contributed by atoms with Gasteiger partial charge >= 0.3 is 6.03 Å². The fraction of sp³-hybridized carbons (Fsp3) is 0.615. The third-order valence-corrected chi connectivity index (χ3v) is 4.91. The van der Waals surface area contributed by atoms with Gasteiger partial charge in [-0.05, 0) is 12.8 Å². The highest BCUT2D eigenvalue weighted by atomic mass is 32.2. The van der Waals surface area contributed by atoms with Crippen molar-refractivity contribution >= 4 is 21.7 Å². The number of sulfone groups is 1. The monoisotopic (exact) mass is 310 g/mol. The average molecular weight is 310 g/mol. The minimum atomic E-state index is -3.51. The van der Waals surface area contributed by atoms with Crippen LogP contribution in [0.3, 0.4) is 0 Å². The molecule has 1 N–H and O–H groups in total. The summed E-state index contributed by atoms with van der Waals surface area (Å²) in [6.07, 6.45) is 5.35. The summed E-state index contributed by atoms with van der Waals surface area (Å²) in [4.78, 5) is 21.7. The van der Waals surface area contributed by atoms with E-state index in [1.54, 1.807) is 11.9 Å². The number of nitrogens with zero attached hydrogens (tertiary/aromatic N) is 3. The van der Waals surface area contributed by atoms with Gasteiger partial charge in [0, 0.05) is 24.8 Å². The third kappa shape index (κ3) is 2.59. The van der Waals surface area contributed by atoms with Crippen molar-refractivity contribution in [1.29, 1.82) is 0 Å². The molecule has 2 heterocycles. The SMILES string of the molecule is CN1Cc2c(nc(S(C)(=O)=O)nc2C2CCCC2)NC1=O. The second-order valence-electron chi connectivity index (χ2n) is 5.76. The first kappa shape index (κ1) is 14.2. The van der Waals surface area contributed by atoms with Gasteiger partial charge in [0.15, 0.2) is 0 Å². The Balaban J connectivity index is 2.16. The van der Waals surface area contributed by atoms with Gasteiger partial charge < -0.3 is 4.90 Å². The lowest BCUT2D eigenvalue weighted by Gasteiger charge is -2.28. The number of anilines is 1. The van der Waals surface area contributed by atoms with Crippen LogP contribution in [0, 0.1) is 0 Å². The topological polar surface area (TPSA) is 92.3 Å². The molecule has 8 heteroatoms. The Morgan fingerprint density at radius 2 is 1.90 bits per heavy atom. The molecule has 0 saturated heterocycles. The fourth-order valence-corrected chi connectivity index (χ4v) is 3.47. The van der Waals surface area contributed by atoms with Crippen LogP contribution in [-0.2, 0) is 16.4 Å². The van der Waals surface area contributed by atoms with Gasteiger partial charge in [0.1, 0.15) is 5.82 Å². The molecule has 2 amide bonds. The van der Waals surface area contributed by atoms with Crippen LogP contribution in [0.15, 0.2) is 5.16 Å². The number of urea groups is 1. The van der Waals surface area contributed by atoms with E-state index >= 15 is 0 Å². The van der Waals surface area contributed by atoms with E-state index in [9.17, 15) is 13.2 Å². The molecule has 1 fully saturated rings. The normalized spacial score (nSPS) is 19.5. The van der Waals surface area contributed by atoms with Gasteiger partial charge in [-0.3, -0.25) is 5.32 Å². The third-order valence-electron chi connectivity index (χ3n) is 4.06. The lowest BCUT2D eigenvalue weighted by Crippen LogP contribution is -2.37. The first-order chi connectivity index (χ1) is 9.86. The van der Waals surface area contributed by atoms with E-state index in [-0.39, 0.29) is 17.1 Å². The Labute approximate surface area is 123 Å². The second-order valence-corrected chi connectivity index (χ2v) is 7.67. The molecule has 0 spiro atoms. The van der Waals surface area contributed by atoms with Crippen LogP contribution >= 0.6 is 0 Å². The maximum atomic E-state index is 11.8. The summed E-state index contributed by atoms with van der Waals surface area (Å²) in [7, 11) is -1.81. The van der Waals surface area contributed by atoms with Crippen molar-refractivity contribution in [2.45, 2.75) is 43.3 Å². The van der Waals surface area contributed by atoms with Gasteiger partial charge in [-0.15, -0.1) is 0 Å². The van der Waals surface area contributed by atoms with Crippen molar-refractivity contribution in [2.75, 3.05) is 18.6 Å². The molecule has 0 radical (unpaired) electrons. The summed E-state index contributed by atoms with van der Waals surface area (Å²) >= 11 is 0. The fourth-order valence-electron chi connectivity index (χ4n) is 2.95. The van der Waals surface area contributed by atoms with Crippen LogP contribution in [0.5, 0.6) is 0 Å². The number of aromatic nitrogens is 2. The molecule has 21 heavy (non-hydrogen) atoms. The van der Waals surface area contributed by atoms with Crippen LogP contribution in [0.4, 0.5) is 10.6 Å². The minimum Gasteiger partial charge on any atom is -0.323 e. The molecule has 1 aliphatic carbocycles. The molecule has 0 bridgehead atoms. The number of rotatable bonds is 2. The van der Waals surface area contributed by atoms with Crippen LogP contribution in [0.1, 0.15) is 42.9 Å². The summed E-state index contributed by atoms with van der Waals surface area (Å²) in [6.45, 7) is 0.414. The average Bonchev–Trinajstić information content (AvgIpc) is 2.91. The first-order valence-corrected chi connectivity index (χ1v) is 8.88. The number of hydrogen-bond donors (Lipinski definition) is 1. The van der Waals surface area contributed by atoms with Crippen molar-refractivity contribution in [3.8, 4) is 0 Å². The molecular weight excluding hydrogens is 292 g/mol. The molecule has 1 aliphatic heterocycles. The molecular formula is C13H18N4O3S. The standard InChI is InChI=1S/C13H18N4O3S/c1-17-7-9-10(8-5-3-4-6-8)14-12(21(2,19)20)15-11(9)16-13(17)18/h8H,3-7H2,1-2H3,(H,14,15,16,18). The maximum Gasteiger partial charge on any atom is 0.323 e. The molecule has 1 saturated carbocycles. The zero-order chi connectivity index (χ0) is 15.2. The Kier molecular flexibility index (Phi) is 3.35. The molecule has 0 aromatic carbocycles. The largest absolute Gasteiger partial charge is 0.323 e. The lowest BCUT2D eigenvalue weighted by molar-refractivity contribution is 0.218. The van der Waals surface area contributed by atoms with Gasteiger partial charge in [-0.2, -0.15) is 0 Å². The van der Waals surface area contributed by atoms with E-state index in [0.717, 1.165) is 43.2 Å². The quantitative estimate of drug-likeness (QED) is 0.836. The van der Waals surface area contributed by atoms with E-state index < -0.39 is 9.84 Å². The molecule has 3 rings (SSSR count). The Hall–Kier alpha value is -1.70. The van der Waals surface area contributed by atoms with Crippen molar-refractivity contribution in [3.63, 3.8) is 0 Å². The highest BCUT2D eigenvalue weighted by Crippen LogP contribution is 2.38. The molecule has 2 aliphatic rings. The highest BCUT2D eigenvalue weighted by molar-refractivity contribution is 7.90. The van der Waals surface area contributed by atoms with Crippen molar-refractivity contribution in [3.05, 3.63) is 11.3 Å². The van der Waals surface area contributed by atoms with Gasteiger partial charge in [0.05, 0.1) is 12.2 Å². The molecule has 0 atom stereocenters. The van der Waals surface area contributed by atoms with E-state index in [1.165, 1.54) is 0 Å². The van der Waals surface area contributed by atoms with Gasteiger partial charge in [0.2, 0.25) is 15.0 Å². The predicted octanol–water partition coefficient (Wildman–Crippen LogP) is 1.52. The first-order valence-electron chi connectivity index (χ1n) is 6.99. The molecule has 0 unspecified atom stereocenters. The van der Waals surface area contributed by atoms with Crippen LogP contribution in [-0.4, -0.2) is 42.6 Å². The van der Waals surface area contributed by atoms with Crippen LogP contribution in [0.25, 0.3) is 0 Å². The van der Waals surface area contributed by atoms with Gasteiger partial charge in [-0.25, -0.2) is 23.2 Å². The van der Waals surface area contributed by atoms with Gasteiger partial charge in [-0.1, -0.05) is 12.8 Å². The van der Waals surface area contributed by atoms with Gasteiger partial charge in [0.25, 0.3) is 0 Å². The smallest absolute Gasteiger partial charge is 0.323 e. The van der Waals surface area contributed by atoms with E-state index in [4.69, 9.17) is 0 Å². The Bertz CT molecular complexity index is 696. The van der Waals surface area contributed by atoms with Crippen molar-refractivity contribution < 1.29 is 13.2 Å². The van der Waals surface area contributed by atoms with Crippen LogP contribution < -0.4 is 5.32 Å². The maximum absolute atomic E-state index is 11.8. The zero-order valence-electron chi connectivity index (χ0n) is 12.1. The number of hydrogen-bond acceptors (Lipinski definition) is 5. The summed E-state index contributed by atoms with van der Waals surface area (Å²) in [6, 6.07) is -0.280. The second kappa shape index (κ2) is 4.94. The number of carbonyl (C=O) groups is 1. The number of fused-ring (bicyclic) bond motifs is 1. The Morgan fingerprint density at radius 3 is 2.52 bits per heavy atom. The summed E-state index contributed by atoms with van der Waals surface area (Å²) < 4.78 is 23.6. The summed E-state index contributed by atoms with van der Waals surface area (Å²) in [5.74, 6) is 0.598. The number of nitrogens with one attached hydrogen (secondary N) is 1. The molecule has 114 valence electrons. The summed E-state index contributed by atoms with van der Waals surface area (Å²) in [5.41, 5.74) is 1.63. The summed E-state index contributed by atoms with van der Waals surface area (Å²) in [5, 5.41) is 2.46. The van der Waals surface area contributed by atoms with E-state index in [2.05, 4.69) is 15.3 Å². The predicted molar refractivity (Wildman–Crippen MR) is 76.8 cm³/mol. The highest BCUT2D eigenvalue weighted by Gasteiger charge is 2.31. The van der Waals surface area contributed by atoms with Crippen molar-refractivity contribution in [2.24, 2.45) is 0 Å². The molecule has 1 aromatic heterocycles. The van der Waals surface area contributed by atoms with E-state index in [1.807, 2.05) is 0 Å². The number of carbonyl (C=O) groups excluding carboxylic acids is 1. The minimum absolute atomic E-state index is 0.201. The molecule has 1 aromatic rings. The lowest BCUT2D eigenvalue weighted by atomic mass is 9.98. The van der Waals surface area contributed by atoms with Crippen LogP contribution in [0.2, 0.25) is 0 Å².